The normalized spacial score (nSPS) is 11.2. The van der Waals surface area contributed by atoms with Crippen LogP contribution in [0.4, 0.5) is 5.82 Å². The van der Waals surface area contributed by atoms with Gasteiger partial charge in [-0.3, -0.25) is 0 Å². The molecule has 0 radical (unpaired) electrons. The van der Waals surface area contributed by atoms with Gasteiger partial charge < -0.3 is 9.73 Å². The molecular formula is C12H13ClN6O. The third-order valence-electron chi connectivity index (χ3n) is 2.96. The molecule has 8 heteroatoms. The number of fused-ring (bicyclic) bond motifs is 1. The van der Waals surface area contributed by atoms with Crippen molar-refractivity contribution < 1.29 is 4.42 Å². The van der Waals surface area contributed by atoms with Gasteiger partial charge >= 0.3 is 0 Å². The topological polar surface area (TPSA) is 81.1 Å². The van der Waals surface area contributed by atoms with Crippen molar-refractivity contribution in [2.45, 2.75) is 26.8 Å². The van der Waals surface area contributed by atoms with Gasteiger partial charge in [-0.2, -0.15) is 19.6 Å². The zero-order chi connectivity index (χ0) is 14.1. The van der Waals surface area contributed by atoms with Gasteiger partial charge in [0.2, 0.25) is 5.89 Å². The number of aromatic nitrogens is 5. The highest BCUT2D eigenvalue weighted by Crippen LogP contribution is 2.22. The largest absolute Gasteiger partial charge is 0.444 e. The van der Waals surface area contributed by atoms with Crippen molar-refractivity contribution in [3.05, 3.63) is 34.9 Å². The third kappa shape index (κ3) is 2.20. The van der Waals surface area contributed by atoms with Gasteiger partial charge in [0.25, 0.3) is 5.78 Å². The van der Waals surface area contributed by atoms with Crippen molar-refractivity contribution in [1.82, 2.24) is 24.6 Å². The molecule has 3 aromatic heterocycles. The van der Waals surface area contributed by atoms with E-state index in [0.717, 1.165) is 23.6 Å². The van der Waals surface area contributed by atoms with Gasteiger partial charge in [-0.15, -0.1) is 0 Å². The predicted molar refractivity (Wildman–Crippen MR) is 73.7 cm³/mol. The maximum Gasteiger partial charge on any atom is 0.255 e. The molecule has 0 unspecified atom stereocenters. The van der Waals surface area contributed by atoms with Gasteiger partial charge in [0, 0.05) is 12.0 Å². The number of oxazole rings is 1. The van der Waals surface area contributed by atoms with Gasteiger partial charge in [0.15, 0.2) is 0 Å². The highest BCUT2D eigenvalue weighted by Gasteiger charge is 2.12. The van der Waals surface area contributed by atoms with Gasteiger partial charge in [-0.25, -0.2) is 4.98 Å². The second kappa shape index (κ2) is 5.09. The summed E-state index contributed by atoms with van der Waals surface area (Å²) in [5, 5.41) is 7.74. The molecule has 0 saturated heterocycles. The van der Waals surface area contributed by atoms with Crippen LogP contribution < -0.4 is 5.32 Å². The van der Waals surface area contributed by atoms with E-state index in [9.17, 15) is 0 Å². The lowest BCUT2D eigenvalue weighted by atomic mass is 10.3. The summed E-state index contributed by atoms with van der Waals surface area (Å²) in [6.45, 7) is 4.32. The molecular weight excluding hydrogens is 280 g/mol. The zero-order valence-electron chi connectivity index (χ0n) is 11.1. The lowest BCUT2D eigenvalue weighted by molar-refractivity contribution is 0.465. The molecule has 0 spiro atoms. The molecule has 0 aromatic carbocycles. The van der Waals surface area contributed by atoms with Crippen LogP contribution in [0.5, 0.6) is 0 Å². The van der Waals surface area contributed by atoms with E-state index in [2.05, 4.69) is 25.4 Å². The highest BCUT2D eigenvalue weighted by molar-refractivity contribution is 6.30. The second-order valence-electron chi connectivity index (χ2n) is 4.28. The number of aryl methyl sites for hydroxylation is 1. The van der Waals surface area contributed by atoms with Gasteiger partial charge in [0.05, 0.1) is 12.7 Å². The van der Waals surface area contributed by atoms with Crippen LogP contribution in [0.25, 0.3) is 5.78 Å². The molecule has 0 aliphatic carbocycles. The summed E-state index contributed by atoms with van der Waals surface area (Å²) >= 11 is 6.09. The fraction of sp³-hybridized carbons (Fsp3) is 0.333. The summed E-state index contributed by atoms with van der Waals surface area (Å²) in [5.41, 5.74) is 0.798. The Bertz CT molecular complexity index is 750. The van der Waals surface area contributed by atoms with Crippen LogP contribution in [-0.4, -0.2) is 24.6 Å². The first-order valence-electron chi connectivity index (χ1n) is 6.22. The van der Waals surface area contributed by atoms with Crippen LogP contribution in [0, 0.1) is 6.92 Å². The molecule has 3 heterocycles. The van der Waals surface area contributed by atoms with Crippen LogP contribution in [-0.2, 0) is 13.0 Å². The maximum absolute atomic E-state index is 6.09. The fourth-order valence-electron chi connectivity index (χ4n) is 1.86. The van der Waals surface area contributed by atoms with Crippen molar-refractivity contribution in [2.24, 2.45) is 0 Å². The van der Waals surface area contributed by atoms with Crippen LogP contribution in [0.2, 0.25) is 5.15 Å². The second-order valence-corrected chi connectivity index (χ2v) is 4.63. The Hall–Kier alpha value is -2.15. The first kappa shape index (κ1) is 12.9. The van der Waals surface area contributed by atoms with Crippen molar-refractivity contribution >= 4 is 23.2 Å². The molecule has 20 heavy (non-hydrogen) atoms. The Morgan fingerprint density at radius 3 is 3.00 bits per heavy atom. The maximum atomic E-state index is 6.09. The highest BCUT2D eigenvalue weighted by atomic mass is 35.5. The van der Waals surface area contributed by atoms with Crippen molar-refractivity contribution in [2.75, 3.05) is 5.32 Å². The number of nitrogens with one attached hydrogen (secondary N) is 1. The average Bonchev–Trinajstić information content (AvgIpc) is 3.07. The zero-order valence-corrected chi connectivity index (χ0v) is 11.8. The minimum absolute atomic E-state index is 0.398. The molecule has 0 atom stereocenters. The van der Waals surface area contributed by atoms with E-state index >= 15 is 0 Å². The van der Waals surface area contributed by atoms with E-state index in [1.807, 2.05) is 13.8 Å². The first-order chi connectivity index (χ1) is 9.69. The van der Waals surface area contributed by atoms with E-state index in [4.69, 9.17) is 16.0 Å². The predicted octanol–water partition coefficient (Wildman–Crippen LogP) is 2.25. The van der Waals surface area contributed by atoms with E-state index in [1.54, 1.807) is 10.7 Å². The minimum atomic E-state index is 0.398. The van der Waals surface area contributed by atoms with E-state index in [0.29, 0.717) is 23.4 Å². The average molecular weight is 293 g/mol. The Labute approximate surface area is 120 Å². The number of hydrogen-bond acceptors (Lipinski definition) is 6. The van der Waals surface area contributed by atoms with Gasteiger partial charge in [-0.05, 0) is 6.92 Å². The molecule has 0 amide bonds. The fourth-order valence-corrected chi connectivity index (χ4v) is 2.02. The number of halogens is 1. The number of rotatable bonds is 4. The lowest BCUT2D eigenvalue weighted by Gasteiger charge is -2.10. The summed E-state index contributed by atoms with van der Waals surface area (Å²) in [6, 6.07) is 0. The molecule has 3 aromatic rings. The van der Waals surface area contributed by atoms with Crippen molar-refractivity contribution in [3.8, 4) is 0 Å². The molecule has 7 nitrogen and oxygen atoms in total. The summed E-state index contributed by atoms with van der Waals surface area (Å²) < 4.78 is 7.15. The molecule has 0 bridgehead atoms. The summed E-state index contributed by atoms with van der Waals surface area (Å²) in [5.74, 6) is 2.65. The standard InChI is InChI=1S/C12H13ClN6O/c1-3-8-4-14-9(20-8)5-15-11-7(2)10(13)18-12-16-6-17-19(11)12/h4,6,15H,3,5H2,1-2H3. The molecule has 1 N–H and O–H groups in total. The van der Waals surface area contributed by atoms with E-state index in [-0.39, 0.29) is 0 Å². The van der Waals surface area contributed by atoms with Crippen molar-refractivity contribution in [1.29, 1.82) is 0 Å². The monoisotopic (exact) mass is 292 g/mol. The lowest BCUT2D eigenvalue weighted by Crippen LogP contribution is -2.09. The smallest absolute Gasteiger partial charge is 0.255 e. The Balaban J connectivity index is 1.90. The quantitative estimate of drug-likeness (QED) is 0.743. The number of anilines is 1. The molecule has 3 rings (SSSR count). The summed E-state index contributed by atoms with van der Waals surface area (Å²) in [6.07, 6.45) is 3.98. The summed E-state index contributed by atoms with van der Waals surface area (Å²) in [7, 11) is 0. The van der Waals surface area contributed by atoms with Gasteiger partial charge in [0.1, 0.15) is 23.1 Å². The van der Waals surface area contributed by atoms with Crippen LogP contribution in [0.15, 0.2) is 16.9 Å². The minimum Gasteiger partial charge on any atom is -0.444 e. The molecule has 104 valence electrons. The Morgan fingerprint density at radius 2 is 2.25 bits per heavy atom. The summed E-state index contributed by atoms with van der Waals surface area (Å²) in [4.78, 5) is 12.4. The van der Waals surface area contributed by atoms with E-state index < -0.39 is 0 Å². The first-order valence-corrected chi connectivity index (χ1v) is 6.60. The molecule has 0 aliphatic heterocycles. The number of nitrogens with zero attached hydrogens (tertiary/aromatic N) is 5. The Kier molecular flexibility index (Phi) is 3.27. The number of hydrogen-bond donors (Lipinski definition) is 1. The van der Waals surface area contributed by atoms with Crippen LogP contribution in [0.1, 0.15) is 24.1 Å². The third-order valence-corrected chi connectivity index (χ3v) is 3.33. The van der Waals surface area contributed by atoms with Crippen LogP contribution >= 0.6 is 11.6 Å². The molecule has 0 fully saturated rings. The Morgan fingerprint density at radius 1 is 1.40 bits per heavy atom. The SMILES string of the molecule is CCc1cnc(CNc2c(C)c(Cl)nc3ncnn23)o1. The van der Waals surface area contributed by atoms with E-state index in [1.165, 1.54) is 6.33 Å². The van der Waals surface area contributed by atoms with Gasteiger partial charge in [-0.1, -0.05) is 18.5 Å². The molecule has 0 saturated carbocycles. The van der Waals surface area contributed by atoms with Crippen molar-refractivity contribution in [3.63, 3.8) is 0 Å². The van der Waals surface area contributed by atoms with Crippen LogP contribution in [0.3, 0.4) is 0 Å². The molecule has 0 aliphatic rings.